The Hall–Kier alpha value is -3.71. The van der Waals surface area contributed by atoms with Gasteiger partial charge in [-0.2, -0.15) is 5.10 Å². The molecule has 158 valence electrons. The Labute approximate surface area is 179 Å². The van der Waals surface area contributed by atoms with Gasteiger partial charge in [0.05, 0.1) is 24.2 Å². The Balaban J connectivity index is 1.66. The monoisotopic (exact) mass is 416 g/mol. The zero-order valence-electron chi connectivity index (χ0n) is 17.5. The van der Waals surface area contributed by atoms with Gasteiger partial charge in [-0.3, -0.25) is 14.5 Å². The fraction of sp³-hybridized carbons (Fsp3) is 0.208. The molecule has 4 aromatic rings. The van der Waals surface area contributed by atoms with Gasteiger partial charge in [0.15, 0.2) is 5.69 Å². The Morgan fingerprint density at radius 2 is 1.74 bits per heavy atom. The van der Waals surface area contributed by atoms with Crippen LogP contribution in [0.15, 0.2) is 82.2 Å². The van der Waals surface area contributed by atoms with Crippen molar-refractivity contribution < 1.29 is 9.21 Å². The lowest BCUT2D eigenvalue weighted by molar-refractivity contribution is 0.0933. The molecule has 0 saturated carbocycles. The summed E-state index contributed by atoms with van der Waals surface area (Å²) in [6, 6.07) is 20.2. The van der Waals surface area contributed by atoms with Gasteiger partial charge < -0.3 is 9.73 Å². The first-order valence-electron chi connectivity index (χ1n) is 10.1. The van der Waals surface area contributed by atoms with E-state index in [1.165, 1.54) is 4.68 Å². The zero-order chi connectivity index (χ0) is 21.8. The topological polar surface area (TPSA) is 80.4 Å². The molecule has 2 aromatic carbocycles. The minimum atomic E-state index is -0.337. The van der Waals surface area contributed by atoms with Crippen molar-refractivity contribution in [2.75, 3.05) is 20.6 Å². The molecule has 0 aliphatic heterocycles. The first kappa shape index (κ1) is 20.6. The van der Waals surface area contributed by atoms with Crippen molar-refractivity contribution in [2.45, 2.75) is 12.6 Å². The second kappa shape index (κ2) is 8.97. The van der Waals surface area contributed by atoms with E-state index in [9.17, 15) is 9.59 Å². The van der Waals surface area contributed by atoms with E-state index in [1.54, 1.807) is 30.5 Å². The molecule has 0 spiro atoms. The van der Waals surface area contributed by atoms with E-state index in [4.69, 9.17) is 4.42 Å². The van der Waals surface area contributed by atoms with Crippen molar-refractivity contribution in [1.29, 1.82) is 0 Å². The van der Waals surface area contributed by atoms with Gasteiger partial charge in [0, 0.05) is 11.9 Å². The highest BCUT2D eigenvalue weighted by Crippen LogP contribution is 2.18. The van der Waals surface area contributed by atoms with Crippen molar-refractivity contribution >= 4 is 16.7 Å². The van der Waals surface area contributed by atoms with Crippen LogP contribution in [0.3, 0.4) is 0 Å². The molecule has 0 aliphatic carbocycles. The Bertz CT molecular complexity index is 1230. The van der Waals surface area contributed by atoms with E-state index in [0.29, 0.717) is 17.3 Å². The fourth-order valence-electron chi connectivity index (χ4n) is 3.56. The van der Waals surface area contributed by atoms with Crippen LogP contribution < -0.4 is 10.9 Å². The zero-order valence-corrected chi connectivity index (χ0v) is 17.5. The summed E-state index contributed by atoms with van der Waals surface area (Å²) in [6.07, 6.45) is 1.61. The van der Waals surface area contributed by atoms with Crippen molar-refractivity contribution in [2.24, 2.45) is 0 Å². The van der Waals surface area contributed by atoms with Crippen LogP contribution in [0, 0.1) is 0 Å². The first-order valence-corrected chi connectivity index (χ1v) is 10.1. The molecule has 0 bridgehead atoms. The summed E-state index contributed by atoms with van der Waals surface area (Å²) in [7, 11) is 3.85. The lowest BCUT2D eigenvalue weighted by Gasteiger charge is -2.22. The van der Waals surface area contributed by atoms with E-state index in [0.717, 1.165) is 11.3 Å². The molecule has 4 rings (SSSR count). The molecule has 1 atom stereocenters. The van der Waals surface area contributed by atoms with Crippen LogP contribution in [0.25, 0.3) is 10.8 Å². The number of amides is 1. The Morgan fingerprint density at radius 1 is 1.03 bits per heavy atom. The maximum Gasteiger partial charge on any atom is 0.274 e. The van der Waals surface area contributed by atoms with E-state index in [1.807, 2.05) is 61.5 Å². The number of aromatic nitrogens is 2. The summed E-state index contributed by atoms with van der Waals surface area (Å²) in [5.74, 6) is 0.425. The molecule has 2 heterocycles. The highest BCUT2D eigenvalue weighted by molar-refractivity contribution is 6.04. The van der Waals surface area contributed by atoms with E-state index >= 15 is 0 Å². The number of furan rings is 1. The smallest absolute Gasteiger partial charge is 0.274 e. The van der Waals surface area contributed by atoms with E-state index in [-0.39, 0.29) is 29.7 Å². The average Bonchev–Trinajstić information content (AvgIpc) is 3.31. The van der Waals surface area contributed by atoms with Crippen molar-refractivity contribution in [3.63, 3.8) is 0 Å². The number of nitrogens with one attached hydrogen (secondary N) is 1. The number of hydrogen-bond acceptors (Lipinski definition) is 5. The average molecular weight is 416 g/mol. The fourth-order valence-corrected chi connectivity index (χ4v) is 3.56. The number of fused-ring (bicyclic) bond motifs is 1. The van der Waals surface area contributed by atoms with Crippen molar-refractivity contribution in [3.8, 4) is 0 Å². The summed E-state index contributed by atoms with van der Waals surface area (Å²) in [4.78, 5) is 28.1. The molecule has 1 amide bonds. The molecule has 7 nitrogen and oxygen atoms in total. The third kappa shape index (κ3) is 4.41. The summed E-state index contributed by atoms with van der Waals surface area (Å²) < 4.78 is 6.86. The van der Waals surface area contributed by atoms with Gasteiger partial charge in [-0.1, -0.05) is 48.5 Å². The molecule has 1 N–H and O–H groups in total. The maximum absolute atomic E-state index is 13.1. The number of likely N-dealkylation sites (N-methyl/N-ethyl adjacent to an activating group) is 1. The summed E-state index contributed by atoms with van der Waals surface area (Å²) in [6.45, 7) is 0.630. The molecule has 2 aromatic heterocycles. The van der Waals surface area contributed by atoms with Crippen LogP contribution in [0.2, 0.25) is 0 Å². The summed E-state index contributed by atoms with van der Waals surface area (Å²) in [5, 5.41) is 8.39. The molecular weight excluding hydrogens is 392 g/mol. The molecule has 31 heavy (non-hydrogen) atoms. The highest BCUT2D eigenvalue weighted by atomic mass is 16.3. The number of carbonyl (C=O) groups is 1. The Kier molecular flexibility index (Phi) is 5.95. The molecule has 0 unspecified atom stereocenters. The van der Waals surface area contributed by atoms with Crippen LogP contribution >= 0.6 is 0 Å². The third-order valence-corrected chi connectivity index (χ3v) is 5.21. The highest BCUT2D eigenvalue weighted by Gasteiger charge is 2.21. The first-order chi connectivity index (χ1) is 15.0. The van der Waals surface area contributed by atoms with Gasteiger partial charge in [0.2, 0.25) is 0 Å². The van der Waals surface area contributed by atoms with Crippen LogP contribution in [0.5, 0.6) is 0 Å². The van der Waals surface area contributed by atoms with Crippen LogP contribution in [-0.4, -0.2) is 41.2 Å². The van der Waals surface area contributed by atoms with Gasteiger partial charge in [-0.05, 0) is 37.9 Å². The summed E-state index contributed by atoms with van der Waals surface area (Å²) in [5.41, 5.74) is 0.935. The van der Waals surface area contributed by atoms with Gasteiger partial charge in [0.1, 0.15) is 5.76 Å². The number of carbonyl (C=O) groups excluding carboxylic acids is 1. The third-order valence-electron chi connectivity index (χ3n) is 5.21. The molecule has 0 fully saturated rings. The van der Waals surface area contributed by atoms with Crippen molar-refractivity contribution in [1.82, 2.24) is 20.0 Å². The normalized spacial score (nSPS) is 12.2. The second-order valence-electron chi connectivity index (χ2n) is 7.55. The van der Waals surface area contributed by atoms with Crippen LogP contribution in [-0.2, 0) is 6.54 Å². The van der Waals surface area contributed by atoms with Gasteiger partial charge >= 0.3 is 0 Å². The molecule has 0 saturated heterocycles. The molecule has 7 heteroatoms. The second-order valence-corrected chi connectivity index (χ2v) is 7.55. The van der Waals surface area contributed by atoms with E-state index in [2.05, 4.69) is 10.4 Å². The predicted molar refractivity (Wildman–Crippen MR) is 119 cm³/mol. The lowest BCUT2D eigenvalue weighted by Crippen LogP contribution is -2.36. The number of hydrogen-bond donors (Lipinski definition) is 1. The van der Waals surface area contributed by atoms with Gasteiger partial charge in [-0.15, -0.1) is 0 Å². The number of rotatable bonds is 7. The number of benzene rings is 2. The Morgan fingerprint density at radius 3 is 2.42 bits per heavy atom. The predicted octanol–water partition coefficient (Wildman–Crippen LogP) is 3.07. The van der Waals surface area contributed by atoms with Crippen LogP contribution in [0.4, 0.5) is 0 Å². The molecule has 0 aliphatic rings. The van der Waals surface area contributed by atoms with Crippen LogP contribution in [0.1, 0.15) is 27.9 Å². The van der Waals surface area contributed by atoms with E-state index < -0.39 is 0 Å². The minimum Gasteiger partial charge on any atom is -0.468 e. The molecular formula is C24H24N4O3. The lowest BCUT2D eigenvalue weighted by atomic mass is 10.1. The standard InChI is InChI=1S/C24H24N4O3/c1-27(2)20(21-13-8-14-31-21)15-25-23(29)22-18-11-6-7-12-19(18)24(30)28(26-22)16-17-9-4-3-5-10-17/h3-14,20H,15-16H2,1-2H3,(H,25,29)/t20-/m1/s1. The van der Waals surface area contributed by atoms with Crippen molar-refractivity contribution in [3.05, 3.63) is 100 Å². The largest absolute Gasteiger partial charge is 0.468 e. The number of nitrogens with zero attached hydrogens (tertiary/aromatic N) is 3. The molecule has 0 radical (unpaired) electrons. The SMILES string of the molecule is CN(C)[C@H](CNC(=O)c1nn(Cc2ccccc2)c(=O)c2ccccc12)c1ccco1. The van der Waals surface area contributed by atoms with Gasteiger partial charge in [-0.25, -0.2) is 4.68 Å². The summed E-state index contributed by atoms with van der Waals surface area (Å²) >= 11 is 0. The maximum atomic E-state index is 13.1. The quantitative estimate of drug-likeness (QED) is 0.501. The minimum absolute atomic E-state index is 0.125. The van der Waals surface area contributed by atoms with Gasteiger partial charge in [0.25, 0.3) is 11.5 Å².